The molecule has 11 rings (SSSR count). The number of rotatable bonds is 11. The average Bonchev–Trinajstić information content (AvgIpc) is 1.63. The van der Waals surface area contributed by atoms with E-state index in [0.717, 1.165) is 48.9 Å². The van der Waals surface area contributed by atoms with E-state index in [9.17, 15) is 80.4 Å². The summed E-state index contributed by atoms with van der Waals surface area (Å²) in [5.41, 5.74) is -8.31. The molecule has 30 nitrogen and oxygen atoms in total. The van der Waals surface area contributed by atoms with E-state index >= 15 is 0 Å². The number of halogens is 5. The van der Waals surface area contributed by atoms with E-state index in [4.69, 9.17) is 38.6 Å². The molecule has 5 aromatic rings. The third kappa shape index (κ3) is 13.9. The highest BCUT2D eigenvalue weighted by Gasteiger charge is 2.57. The number of nitrogens with zero attached hydrogens (tertiary/aromatic N) is 6. The van der Waals surface area contributed by atoms with Gasteiger partial charge in [-0.15, -0.1) is 0 Å². The van der Waals surface area contributed by atoms with Gasteiger partial charge in [0.25, 0.3) is 27.8 Å². The van der Waals surface area contributed by atoms with Crippen LogP contribution in [0.3, 0.4) is 0 Å². The Balaban J connectivity index is 0.000000160. The molecule has 9 N–H and O–H groups in total. The second-order valence-corrected chi connectivity index (χ2v) is 22.3. The Bertz CT molecular complexity index is 3620. The highest BCUT2D eigenvalue weighted by Crippen LogP contribution is 2.49. The smallest absolute Gasteiger partial charge is 0.330 e. The standard InChI is InChI=1S/C13H19FN2O3.C12H15FN2O3.C11H15FN2O5.C10H13FN2O4.C9H11FN2O5/c1-4-13(5-2)8(3)10(14)11(19-13)16-7-6-9(17)15-12(16)18;1-3-12-6-17-11-14-8(16)4-5-15(11)10(18-12)9(13)7(12)2;1-6-8(12)9(19-11(6,4-15)5-16)14-3-2-7(17)13-10(14)18;1-5-6(4-14)17-9(8(5)11)13-3-2-7(15)12-10(13)16;10-6-7(15)4(3-13)17-8(6)12-2-1-5(14)11-9(12)16/h6-8,10-11H,4-5H2,1-3H3,(H,15,17,18);4-5,7,9-10H,3,6H2,1-2H3;2-3,6,8-9,15-16H,4-5H2,1H3,(H,13,17,18);2-3,5-6,8-9,14H,4H2,1H3,(H,12,15,16);1-2,4,6-8,13,15H,3H2,(H,11,14,16)/t8-,10+,11+;7-,9+,10+,12+;6-,8+,9+;5-,6-,8-,9-;4-,6-,7-,8-/m00011/s1. The lowest BCUT2D eigenvalue weighted by atomic mass is 9.83. The lowest BCUT2D eigenvalue weighted by Gasteiger charge is -2.30. The SMILES string of the molecule is CCC1(CC)O[C@@H](n2ccc(=O)[nH]c2=O)[C@H](F)[C@@H]1C.CC[C@]12COc3nc(=O)ccn3[C@H](O1)[C@H](F)[C@@H]2C.C[C@H]1[C@@H](F)[C@H](n2ccc(=O)[nH]c2=O)OC1(CO)CO.C[C@H]1[C@@H](F)[C@H](n2ccc(=O)[nH]c2=O)O[C@@H]1CO.O=c1ccn([C@@H]2O[C@H](CO)[C@@H](O)[C@H]2F)c(=O)[nH]1. The van der Waals surface area contributed by atoms with Gasteiger partial charge in [-0.1, -0.05) is 48.5 Å². The molecule has 5 aromatic heterocycles. The average molecular weight is 1290 g/mol. The predicted molar refractivity (Wildman–Crippen MR) is 302 cm³/mol. The van der Waals surface area contributed by atoms with Crippen molar-refractivity contribution in [3.8, 4) is 6.01 Å². The van der Waals surface area contributed by atoms with Crippen LogP contribution >= 0.6 is 0 Å². The summed E-state index contributed by atoms with van der Waals surface area (Å²) in [7, 11) is 0. The topological polar surface area (TPSA) is 411 Å². The van der Waals surface area contributed by atoms with Crippen LogP contribution in [0.2, 0.25) is 0 Å². The zero-order chi connectivity index (χ0) is 66.5. The van der Waals surface area contributed by atoms with Crippen LogP contribution in [0, 0.1) is 23.7 Å². The molecule has 0 spiro atoms. The van der Waals surface area contributed by atoms with Crippen molar-refractivity contribution in [2.24, 2.45) is 23.7 Å². The minimum Gasteiger partial charge on any atom is -0.461 e. The predicted octanol–water partition coefficient (Wildman–Crippen LogP) is -0.825. The van der Waals surface area contributed by atoms with Crippen molar-refractivity contribution < 1.29 is 75.9 Å². The fraction of sp³-hybridized carbons (Fsp3) is 0.636. The number of aromatic nitrogens is 10. The number of fused-ring (bicyclic) bond motifs is 4. The van der Waals surface area contributed by atoms with E-state index in [2.05, 4.69) is 9.97 Å². The highest BCUT2D eigenvalue weighted by molar-refractivity contribution is 5.10. The van der Waals surface area contributed by atoms with Gasteiger partial charge in [-0.25, -0.2) is 41.1 Å². The maximum atomic E-state index is 14.4. The molecule has 2 bridgehead atoms. The van der Waals surface area contributed by atoms with Gasteiger partial charge in [-0.3, -0.25) is 66.7 Å². The Labute approximate surface area is 505 Å². The van der Waals surface area contributed by atoms with E-state index in [1.807, 2.05) is 42.6 Å². The van der Waals surface area contributed by atoms with Gasteiger partial charge < -0.3 is 54.0 Å². The third-order valence-corrected chi connectivity index (χ3v) is 17.5. The normalized spacial score (nSPS) is 32.5. The number of hydrogen-bond acceptors (Lipinski definition) is 21. The number of aromatic amines is 4. The molecule has 0 saturated carbocycles. The Morgan fingerprint density at radius 3 is 1.23 bits per heavy atom. The molecule has 0 unspecified atom stereocenters. The van der Waals surface area contributed by atoms with Crippen molar-refractivity contribution in [1.29, 1.82) is 0 Å². The van der Waals surface area contributed by atoms with Crippen molar-refractivity contribution in [3.63, 3.8) is 0 Å². The highest BCUT2D eigenvalue weighted by atomic mass is 19.2. The third-order valence-electron chi connectivity index (χ3n) is 17.5. The lowest BCUT2D eigenvalue weighted by molar-refractivity contribution is -0.136. The van der Waals surface area contributed by atoms with Crippen molar-refractivity contribution in [1.82, 2.24) is 47.8 Å². The number of nitrogens with one attached hydrogen (secondary N) is 4. The first kappa shape index (κ1) is 70.1. The number of ether oxygens (including phenoxy) is 6. The summed E-state index contributed by atoms with van der Waals surface area (Å²) >= 11 is 0. The molecule has 0 amide bonds. The largest absolute Gasteiger partial charge is 0.461 e. The molecule has 0 aromatic carbocycles. The Morgan fingerprint density at radius 2 is 0.867 bits per heavy atom. The molecule has 5 fully saturated rings. The van der Waals surface area contributed by atoms with Gasteiger partial charge in [-0.2, -0.15) is 4.98 Å². The van der Waals surface area contributed by atoms with Crippen LogP contribution in [0.25, 0.3) is 0 Å². The fourth-order valence-corrected chi connectivity index (χ4v) is 11.4. The fourth-order valence-electron chi connectivity index (χ4n) is 11.4. The van der Waals surface area contributed by atoms with Crippen molar-refractivity contribution >= 4 is 0 Å². The Morgan fingerprint density at radius 1 is 0.489 bits per heavy atom. The molecule has 35 heteroatoms. The number of H-pyrrole nitrogens is 4. The number of aliphatic hydroxyl groups excluding tert-OH is 5. The summed E-state index contributed by atoms with van der Waals surface area (Å²) in [6.07, 6.45) is -7.82. The van der Waals surface area contributed by atoms with Gasteiger partial charge >= 0.3 is 28.8 Å². The number of alkyl halides is 5. The summed E-state index contributed by atoms with van der Waals surface area (Å²) in [5.74, 6) is -1.86. The van der Waals surface area contributed by atoms with E-state index in [1.54, 1.807) is 13.8 Å². The van der Waals surface area contributed by atoms with Gasteiger partial charge in [0, 0.05) is 85.0 Å². The van der Waals surface area contributed by atoms with Crippen LogP contribution in [0.4, 0.5) is 22.0 Å². The van der Waals surface area contributed by atoms with Crippen LogP contribution in [-0.4, -0.2) is 172 Å². The van der Waals surface area contributed by atoms with Crippen molar-refractivity contribution in [2.45, 2.75) is 165 Å². The van der Waals surface area contributed by atoms with Gasteiger partial charge in [0.05, 0.1) is 38.1 Å². The molecule has 498 valence electrons. The second kappa shape index (κ2) is 28.9. The number of aliphatic hydroxyl groups is 5. The Hall–Kier alpha value is -7.35. The van der Waals surface area contributed by atoms with Crippen LogP contribution in [0.15, 0.2) is 104 Å². The zero-order valence-corrected chi connectivity index (χ0v) is 49.7. The molecular formula is C55H73F5N10O20. The first-order valence-electron chi connectivity index (χ1n) is 28.7. The molecule has 6 aliphatic heterocycles. The maximum absolute atomic E-state index is 14.4. The molecule has 0 radical (unpaired) electrons. The molecule has 90 heavy (non-hydrogen) atoms. The summed E-state index contributed by atoms with van der Waals surface area (Å²) in [6.45, 7) is 10.8. The summed E-state index contributed by atoms with van der Waals surface area (Å²) in [4.78, 5) is 113. The van der Waals surface area contributed by atoms with Gasteiger partial charge in [0.15, 0.2) is 62.0 Å². The first-order valence-corrected chi connectivity index (χ1v) is 28.7. The summed E-state index contributed by atoms with van der Waals surface area (Å²) in [6, 6.07) is 5.84. The molecule has 0 aliphatic carbocycles. The van der Waals surface area contributed by atoms with E-state index in [0.29, 0.717) is 19.3 Å². The van der Waals surface area contributed by atoms with E-state index in [-0.39, 0.29) is 31.1 Å². The Kier molecular flexibility index (Phi) is 22.5. The lowest BCUT2D eigenvalue weighted by Crippen LogP contribution is -2.43. The van der Waals surface area contributed by atoms with Crippen LogP contribution in [0.5, 0.6) is 6.01 Å². The van der Waals surface area contributed by atoms with Gasteiger partial charge in [0.1, 0.15) is 30.0 Å². The number of hydrogen-bond donors (Lipinski definition) is 9. The van der Waals surface area contributed by atoms with Gasteiger partial charge in [-0.05, 0) is 19.3 Å². The van der Waals surface area contributed by atoms with E-state index in [1.165, 1.54) is 42.2 Å². The summed E-state index contributed by atoms with van der Waals surface area (Å²) < 4.78 is 109. The van der Waals surface area contributed by atoms with Crippen molar-refractivity contribution in [3.05, 3.63) is 155 Å². The molecular weight excluding hydrogens is 1220 g/mol. The van der Waals surface area contributed by atoms with Crippen LogP contribution in [0.1, 0.15) is 98.9 Å². The first-order chi connectivity index (χ1) is 42.5. The van der Waals surface area contributed by atoms with Crippen molar-refractivity contribution in [2.75, 3.05) is 33.0 Å². The zero-order valence-electron chi connectivity index (χ0n) is 49.7. The quantitative estimate of drug-likeness (QED) is 0.0729. The van der Waals surface area contributed by atoms with Crippen LogP contribution < -0.4 is 55.3 Å². The minimum absolute atomic E-state index is 0.136. The van der Waals surface area contributed by atoms with Crippen LogP contribution in [-0.2, 0) is 23.7 Å². The second-order valence-electron chi connectivity index (χ2n) is 22.3. The molecule has 5 saturated heterocycles. The van der Waals surface area contributed by atoms with E-state index < -0.39 is 179 Å². The van der Waals surface area contributed by atoms with Gasteiger partial charge in [0.2, 0.25) is 0 Å². The summed E-state index contributed by atoms with van der Waals surface area (Å²) in [5, 5.41) is 45.8. The molecule has 18 atom stereocenters. The maximum Gasteiger partial charge on any atom is 0.330 e. The minimum atomic E-state index is -1.85. The molecule has 11 heterocycles. The monoisotopic (exact) mass is 1290 g/mol. The molecule has 6 aliphatic rings.